The van der Waals surface area contributed by atoms with E-state index < -0.39 is 12.0 Å². The molecule has 0 spiro atoms. The summed E-state index contributed by atoms with van der Waals surface area (Å²) in [4.78, 5) is 54.1. The lowest BCUT2D eigenvalue weighted by Gasteiger charge is -2.21. The number of hydrogen-bond donors (Lipinski definition) is 0. The number of fused-ring (bicyclic) bond motifs is 3. The number of esters is 1. The van der Waals surface area contributed by atoms with Gasteiger partial charge in [0.25, 0.3) is 5.91 Å². The minimum atomic E-state index is -0.637. The van der Waals surface area contributed by atoms with Crippen molar-refractivity contribution in [2.45, 2.75) is 31.7 Å². The average molecular weight is 495 g/mol. The fraction of sp³-hybridized carbons (Fsp3) is 0.267. The van der Waals surface area contributed by atoms with Crippen molar-refractivity contribution in [3.63, 3.8) is 0 Å². The van der Waals surface area contributed by atoms with Crippen LogP contribution in [-0.2, 0) is 20.7 Å². The molecule has 2 saturated heterocycles. The van der Waals surface area contributed by atoms with Gasteiger partial charge >= 0.3 is 5.97 Å². The third kappa shape index (κ3) is 4.25. The predicted octanol–water partition coefficient (Wildman–Crippen LogP) is 4.03. The number of nitrogens with zero attached hydrogens (tertiary/aromatic N) is 2. The van der Waals surface area contributed by atoms with E-state index in [4.69, 9.17) is 4.74 Å². The maximum absolute atomic E-state index is 12.9. The summed E-state index contributed by atoms with van der Waals surface area (Å²) in [6.45, 7) is 1.30. The molecule has 0 saturated carbocycles. The minimum Gasteiger partial charge on any atom is -0.454 e. The number of anilines is 1. The van der Waals surface area contributed by atoms with Crippen LogP contribution in [-0.4, -0.2) is 54.2 Å². The van der Waals surface area contributed by atoms with Gasteiger partial charge in [0.05, 0.1) is 23.7 Å². The van der Waals surface area contributed by atoms with Gasteiger partial charge in [0, 0.05) is 5.56 Å². The molecule has 186 valence electrons. The number of ether oxygens (including phenoxy) is 1. The van der Waals surface area contributed by atoms with E-state index in [1.807, 2.05) is 24.3 Å². The molecule has 2 aliphatic heterocycles. The van der Waals surface area contributed by atoms with Crippen molar-refractivity contribution in [2.24, 2.45) is 0 Å². The number of rotatable bonds is 6. The molecule has 3 aliphatic rings. The molecule has 0 radical (unpaired) electrons. The van der Waals surface area contributed by atoms with Crippen LogP contribution >= 0.6 is 0 Å². The number of likely N-dealkylation sites (tertiary alicyclic amines) is 1. The number of imide groups is 1. The molecule has 37 heavy (non-hydrogen) atoms. The predicted molar refractivity (Wildman–Crippen MR) is 137 cm³/mol. The van der Waals surface area contributed by atoms with Crippen molar-refractivity contribution >= 4 is 29.3 Å². The van der Waals surface area contributed by atoms with E-state index in [9.17, 15) is 19.2 Å². The van der Waals surface area contributed by atoms with E-state index in [0.717, 1.165) is 43.5 Å². The van der Waals surface area contributed by atoms with Crippen LogP contribution in [0.3, 0.4) is 0 Å². The smallest absolute Gasteiger partial charge is 0.338 e. The van der Waals surface area contributed by atoms with Crippen LogP contribution in [0.1, 0.15) is 51.1 Å². The van der Waals surface area contributed by atoms with Crippen LogP contribution < -0.4 is 4.90 Å². The topological polar surface area (TPSA) is 84.0 Å². The molecule has 1 aliphatic carbocycles. The normalized spacial score (nSPS) is 18.7. The zero-order valence-corrected chi connectivity index (χ0v) is 20.3. The maximum Gasteiger partial charge on any atom is 0.338 e. The van der Waals surface area contributed by atoms with Crippen LogP contribution in [0, 0.1) is 0 Å². The highest BCUT2D eigenvalue weighted by Gasteiger charge is 2.43. The van der Waals surface area contributed by atoms with Crippen molar-refractivity contribution in [2.75, 3.05) is 24.6 Å². The largest absolute Gasteiger partial charge is 0.454 e. The van der Waals surface area contributed by atoms with E-state index in [0.29, 0.717) is 11.3 Å². The highest BCUT2D eigenvalue weighted by atomic mass is 16.5. The van der Waals surface area contributed by atoms with Gasteiger partial charge < -0.3 is 4.74 Å². The van der Waals surface area contributed by atoms with Gasteiger partial charge in [0.2, 0.25) is 5.91 Å². The van der Waals surface area contributed by atoms with Gasteiger partial charge in [-0.15, -0.1) is 0 Å². The van der Waals surface area contributed by atoms with Crippen LogP contribution in [0.5, 0.6) is 0 Å². The molecular weight excluding hydrogens is 468 g/mol. The SMILES string of the molecule is O=C(COC(=O)c1ccc(N2C(=O)CC(N3CCCC3)C2=O)cc1)c1ccc2c(c1)Cc1ccccc1-2. The van der Waals surface area contributed by atoms with Crippen LogP contribution in [0.4, 0.5) is 5.69 Å². The summed E-state index contributed by atoms with van der Waals surface area (Å²) in [6, 6.07) is 19.5. The summed E-state index contributed by atoms with van der Waals surface area (Å²) in [5.41, 5.74) is 5.84. The van der Waals surface area contributed by atoms with Crippen LogP contribution in [0.2, 0.25) is 0 Å². The fourth-order valence-electron chi connectivity index (χ4n) is 5.59. The molecule has 1 atom stereocenters. The second kappa shape index (κ2) is 9.41. The number of ketones is 1. The molecule has 2 fully saturated rings. The number of carbonyl (C=O) groups excluding carboxylic acids is 4. The summed E-state index contributed by atoms with van der Waals surface area (Å²) >= 11 is 0. The lowest BCUT2D eigenvalue weighted by atomic mass is 10.0. The molecule has 2 amide bonds. The molecule has 1 unspecified atom stereocenters. The number of amides is 2. The van der Waals surface area contributed by atoms with Crippen molar-refractivity contribution in [1.82, 2.24) is 4.90 Å². The lowest BCUT2D eigenvalue weighted by Crippen LogP contribution is -2.40. The van der Waals surface area contributed by atoms with E-state index in [2.05, 4.69) is 17.0 Å². The standard InChI is InChI=1S/C30H26N2O5/c33-27(21-9-12-25-22(16-21)15-20-5-1-2-6-24(20)25)18-37-30(36)19-7-10-23(11-8-19)32-28(34)17-26(29(32)35)31-13-3-4-14-31/h1-2,5-12,16,26H,3-4,13-15,17-18H2. The Morgan fingerprint density at radius 2 is 1.54 bits per heavy atom. The van der Waals surface area contributed by atoms with Gasteiger partial charge in [-0.2, -0.15) is 0 Å². The summed E-state index contributed by atoms with van der Waals surface area (Å²) in [5, 5.41) is 0. The number of Topliss-reactive ketones (excluding diaryl/α,β-unsaturated/α-hetero) is 1. The molecular formula is C30H26N2O5. The van der Waals surface area contributed by atoms with E-state index in [1.165, 1.54) is 28.2 Å². The Bertz CT molecular complexity index is 1420. The maximum atomic E-state index is 12.9. The first-order valence-electron chi connectivity index (χ1n) is 12.6. The Balaban J connectivity index is 1.08. The van der Waals surface area contributed by atoms with Crippen molar-refractivity contribution in [1.29, 1.82) is 0 Å². The molecule has 3 aromatic carbocycles. The Hall–Kier alpha value is -4.10. The highest BCUT2D eigenvalue weighted by molar-refractivity contribution is 6.22. The minimum absolute atomic E-state index is 0.180. The van der Waals surface area contributed by atoms with Gasteiger partial charge in [0.15, 0.2) is 12.4 Å². The Kier molecular flexibility index (Phi) is 5.93. The number of benzene rings is 3. The molecule has 0 N–H and O–H groups in total. The summed E-state index contributed by atoms with van der Waals surface area (Å²) in [7, 11) is 0. The van der Waals surface area contributed by atoms with Crippen molar-refractivity contribution in [3.8, 4) is 11.1 Å². The van der Waals surface area contributed by atoms with Gasteiger partial charge in [-0.3, -0.25) is 19.3 Å². The first kappa shape index (κ1) is 23.3. The van der Waals surface area contributed by atoms with E-state index in [-0.39, 0.29) is 36.2 Å². The molecule has 0 bridgehead atoms. The number of carbonyl (C=O) groups is 4. The quantitative estimate of drug-likeness (QED) is 0.229. The zero-order chi connectivity index (χ0) is 25.5. The van der Waals surface area contributed by atoms with Gasteiger partial charge in [-0.1, -0.05) is 36.4 Å². The summed E-state index contributed by atoms with van der Waals surface area (Å²) in [6.07, 6.45) is 3.04. The first-order chi connectivity index (χ1) is 18.0. The van der Waals surface area contributed by atoms with Crippen molar-refractivity contribution in [3.05, 3.63) is 89.0 Å². The van der Waals surface area contributed by atoms with Gasteiger partial charge in [-0.05, 0) is 84.9 Å². The molecule has 7 nitrogen and oxygen atoms in total. The second-order valence-electron chi connectivity index (χ2n) is 9.78. The zero-order valence-electron chi connectivity index (χ0n) is 20.3. The first-order valence-corrected chi connectivity index (χ1v) is 12.6. The Morgan fingerprint density at radius 1 is 0.838 bits per heavy atom. The highest BCUT2D eigenvalue weighted by Crippen LogP contribution is 2.36. The second-order valence-corrected chi connectivity index (χ2v) is 9.78. The fourth-order valence-corrected chi connectivity index (χ4v) is 5.59. The molecule has 0 aromatic heterocycles. The summed E-state index contributed by atoms with van der Waals surface area (Å²) in [5.74, 6) is -1.36. The molecule has 2 heterocycles. The molecule has 7 heteroatoms. The van der Waals surface area contributed by atoms with Crippen molar-refractivity contribution < 1.29 is 23.9 Å². The molecule has 3 aromatic rings. The Morgan fingerprint density at radius 3 is 2.32 bits per heavy atom. The Labute approximate surface area is 214 Å². The lowest BCUT2D eigenvalue weighted by molar-refractivity contribution is -0.122. The van der Waals surface area contributed by atoms with E-state index in [1.54, 1.807) is 18.2 Å². The van der Waals surface area contributed by atoms with Gasteiger partial charge in [0.1, 0.15) is 0 Å². The summed E-state index contributed by atoms with van der Waals surface area (Å²) < 4.78 is 5.28. The average Bonchev–Trinajstić information content (AvgIpc) is 3.64. The van der Waals surface area contributed by atoms with Crippen LogP contribution in [0.15, 0.2) is 66.7 Å². The molecule has 6 rings (SSSR count). The third-order valence-electron chi connectivity index (χ3n) is 7.52. The van der Waals surface area contributed by atoms with Gasteiger partial charge in [-0.25, -0.2) is 9.69 Å². The van der Waals surface area contributed by atoms with E-state index >= 15 is 0 Å². The van der Waals surface area contributed by atoms with Crippen LogP contribution in [0.25, 0.3) is 11.1 Å². The number of hydrogen-bond acceptors (Lipinski definition) is 6. The third-order valence-corrected chi connectivity index (χ3v) is 7.52. The monoisotopic (exact) mass is 494 g/mol.